The Morgan fingerprint density at radius 1 is 1.19 bits per heavy atom. The molecule has 1 aromatic rings. The van der Waals surface area contributed by atoms with Crippen LogP contribution >= 0.6 is 11.3 Å². The normalized spacial score (nSPS) is 23.3. The average Bonchev–Trinajstić information content (AvgIpc) is 2.96. The average molecular weight is 310 g/mol. The van der Waals surface area contributed by atoms with Crippen molar-refractivity contribution in [2.75, 3.05) is 46.1 Å². The number of nitrogens with zero attached hydrogens (tertiary/aromatic N) is 1. The number of hydrogen-bond donors (Lipinski definition) is 1. The first-order chi connectivity index (χ1) is 10.3. The van der Waals surface area contributed by atoms with E-state index in [1.807, 2.05) is 11.3 Å². The molecule has 0 radical (unpaired) electrons. The Morgan fingerprint density at radius 3 is 2.57 bits per heavy atom. The van der Waals surface area contributed by atoms with E-state index < -0.39 is 0 Å². The molecule has 21 heavy (non-hydrogen) atoms. The fraction of sp³-hybridized carbons (Fsp3) is 0.750. The van der Waals surface area contributed by atoms with Gasteiger partial charge in [-0.15, -0.1) is 11.3 Å². The molecule has 0 spiro atoms. The highest BCUT2D eigenvalue weighted by molar-refractivity contribution is 7.12. The summed E-state index contributed by atoms with van der Waals surface area (Å²) < 4.78 is 11.0. The summed E-state index contributed by atoms with van der Waals surface area (Å²) in [4.78, 5) is 5.45. The summed E-state index contributed by atoms with van der Waals surface area (Å²) >= 11 is 1.93. The topological polar surface area (TPSA) is 33.7 Å². The van der Waals surface area contributed by atoms with E-state index in [0.717, 1.165) is 58.9 Å². The van der Waals surface area contributed by atoms with Crippen molar-refractivity contribution in [3.8, 4) is 0 Å². The highest BCUT2D eigenvalue weighted by Gasteiger charge is 2.25. The van der Waals surface area contributed by atoms with Gasteiger partial charge in [-0.1, -0.05) is 0 Å². The Hall–Kier alpha value is -0.460. The molecule has 3 heterocycles. The van der Waals surface area contributed by atoms with Gasteiger partial charge < -0.3 is 14.8 Å². The minimum atomic E-state index is 0.482. The van der Waals surface area contributed by atoms with Gasteiger partial charge in [-0.3, -0.25) is 4.90 Å². The molecule has 0 aliphatic carbocycles. The van der Waals surface area contributed by atoms with Gasteiger partial charge in [-0.25, -0.2) is 0 Å². The van der Waals surface area contributed by atoms with Gasteiger partial charge in [0.25, 0.3) is 0 Å². The van der Waals surface area contributed by atoms with E-state index in [1.165, 1.54) is 9.75 Å². The van der Waals surface area contributed by atoms with Crippen LogP contribution in [0.5, 0.6) is 0 Å². The Balaban J connectivity index is 1.63. The smallest absolute Gasteiger partial charge is 0.0594 e. The van der Waals surface area contributed by atoms with Gasteiger partial charge in [0.1, 0.15) is 0 Å². The van der Waals surface area contributed by atoms with E-state index in [0.29, 0.717) is 12.1 Å². The molecule has 0 aromatic carbocycles. The largest absolute Gasteiger partial charge is 0.381 e. The number of aryl methyl sites for hydroxylation is 1. The Labute approximate surface area is 131 Å². The first-order valence-corrected chi connectivity index (χ1v) is 8.84. The van der Waals surface area contributed by atoms with Crippen molar-refractivity contribution in [1.29, 1.82) is 0 Å². The molecular weight excluding hydrogens is 284 g/mol. The molecule has 4 nitrogen and oxygen atoms in total. The van der Waals surface area contributed by atoms with E-state index >= 15 is 0 Å². The van der Waals surface area contributed by atoms with Crippen LogP contribution in [0.2, 0.25) is 0 Å². The van der Waals surface area contributed by atoms with Crippen LogP contribution in [0.3, 0.4) is 0 Å². The minimum Gasteiger partial charge on any atom is -0.381 e. The number of rotatable bonds is 5. The molecule has 2 fully saturated rings. The zero-order valence-corrected chi connectivity index (χ0v) is 13.7. The maximum Gasteiger partial charge on any atom is 0.0594 e. The second-order valence-corrected chi connectivity index (χ2v) is 7.23. The van der Waals surface area contributed by atoms with Crippen molar-refractivity contribution < 1.29 is 9.47 Å². The molecule has 1 unspecified atom stereocenters. The molecule has 5 heteroatoms. The summed E-state index contributed by atoms with van der Waals surface area (Å²) in [6.45, 7) is 8.82. The molecule has 1 atom stereocenters. The van der Waals surface area contributed by atoms with Gasteiger partial charge in [0.2, 0.25) is 0 Å². The lowest BCUT2D eigenvalue weighted by atomic mass is 10.1. The summed E-state index contributed by atoms with van der Waals surface area (Å²) in [6.07, 6.45) is 2.28. The molecule has 2 aliphatic heterocycles. The molecule has 0 amide bonds. The van der Waals surface area contributed by atoms with Crippen LogP contribution in [0.15, 0.2) is 12.1 Å². The molecule has 2 aliphatic rings. The van der Waals surface area contributed by atoms with Gasteiger partial charge >= 0.3 is 0 Å². The van der Waals surface area contributed by atoms with Crippen LogP contribution in [0.1, 0.15) is 28.6 Å². The van der Waals surface area contributed by atoms with Gasteiger partial charge in [0.05, 0.1) is 19.3 Å². The van der Waals surface area contributed by atoms with Crippen molar-refractivity contribution in [1.82, 2.24) is 10.2 Å². The summed E-state index contributed by atoms with van der Waals surface area (Å²) in [5.41, 5.74) is 0. The third kappa shape index (κ3) is 4.27. The molecule has 118 valence electrons. The standard InChI is InChI=1S/C16H26N2O2S/c1-13-2-3-16(21-13)15(18-6-10-20-11-7-18)12-17-14-4-8-19-9-5-14/h2-3,14-15,17H,4-12H2,1H3. The fourth-order valence-corrected chi connectivity index (χ4v) is 4.12. The predicted octanol–water partition coefficient (Wildman–Crippen LogP) is 2.20. The molecule has 0 saturated carbocycles. The van der Waals surface area contributed by atoms with Gasteiger partial charge in [0.15, 0.2) is 0 Å². The zero-order chi connectivity index (χ0) is 14.5. The van der Waals surface area contributed by atoms with E-state index in [-0.39, 0.29) is 0 Å². The lowest BCUT2D eigenvalue weighted by molar-refractivity contribution is 0.0146. The SMILES string of the molecule is Cc1ccc(C(CNC2CCOCC2)N2CCOCC2)s1. The van der Waals surface area contributed by atoms with Crippen LogP contribution in [0.25, 0.3) is 0 Å². The predicted molar refractivity (Wildman–Crippen MR) is 86.0 cm³/mol. The summed E-state index contributed by atoms with van der Waals surface area (Å²) in [5.74, 6) is 0. The molecule has 1 N–H and O–H groups in total. The van der Waals surface area contributed by atoms with E-state index in [4.69, 9.17) is 9.47 Å². The van der Waals surface area contributed by atoms with Gasteiger partial charge in [-0.05, 0) is 31.9 Å². The molecular formula is C16H26N2O2S. The number of thiophene rings is 1. The van der Waals surface area contributed by atoms with Gasteiger partial charge in [-0.2, -0.15) is 0 Å². The van der Waals surface area contributed by atoms with Crippen LogP contribution in [-0.2, 0) is 9.47 Å². The van der Waals surface area contributed by atoms with Crippen molar-refractivity contribution in [2.24, 2.45) is 0 Å². The number of nitrogens with one attached hydrogen (secondary N) is 1. The first kappa shape index (κ1) is 15.4. The first-order valence-electron chi connectivity index (χ1n) is 8.02. The molecule has 3 rings (SSSR count). The highest BCUT2D eigenvalue weighted by atomic mass is 32.1. The third-order valence-corrected chi connectivity index (χ3v) is 5.50. The quantitative estimate of drug-likeness (QED) is 0.904. The zero-order valence-electron chi connectivity index (χ0n) is 12.8. The molecule has 1 aromatic heterocycles. The number of ether oxygens (including phenoxy) is 2. The third-order valence-electron chi connectivity index (χ3n) is 4.40. The minimum absolute atomic E-state index is 0.482. The van der Waals surface area contributed by atoms with Crippen LogP contribution < -0.4 is 5.32 Å². The van der Waals surface area contributed by atoms with Crippen molar-refractivity contribution in [3.63, 3.8) is 0 Å². The summed E-state index contributed by atoms with van der Waals surface area (Å²) in [5, 5.41) is 3.77. The van der Waals surface area contributed by atoms with Crippen LogP contribution in [0, 0.1) is 6.92 Å². The van der Waals surface area contributed by atoms with E-state index in [9.17, 15) is 0 Å². The lowest BCUT2D eigenvalue weighted by Gasteiger charge is -2.35. The van der Waals surface area contributed by atoms with Crippen LogP contribution in [0.4, 0.5) is 0 Å². The Kier molecular flexibility index (Phi) is 5.66. The molecule has 2 saturated heterocycles. The van der Waals surface area contributed by atoms with Crippen LogP contribution in [-0.4, -0.2) is 57.0 Å². The number of morpholine rings is 1. The monoisotopic (exact) mass is 310 g/mol. The second-order valence-electron chi connectivity index (χ2n) is 5.91. The van der Waals surface area contributed by atoms with Crippen molar-refractivity contribution >= 4 is 11.3 Å². The lowest BCUT2D eigenvalue weighted by Crippen LogP contribution is -2.45. The van der Waals surface area contributed by atoms with Crippen molar-refractivity contribution in [2.45, 2.75) is 31.8 Å². The maximum atomic E-state index is 5.51. The van der Waals surface area contributed by atoms with E-state index in [1.54, 1.807) is 0 Å². The Bertz CT molecular complexity index is 426. The Morgan fingerprint density at radius 2 is 1.90 bits per heavy atom. The van der Waals surface area contributed by atoms with Gasteiger partial charge in [0, 0.05) is 48.6 Å². The number of hydrogen-bond acceptors (Lipinski definition) is 5. The van der Waals surface area contributed by atoms with E-state index in [2.05, 4.69) is 29.3 Å². The summed E-state index contributed by atoms with van der Waals surface area (Å²) in [7, 11) is 0. The van der Waals surface area contributed by atoms with Crippen molar-refractivity contribution in [3.05, 3.63) is 21.9 Å². The highest BCUT2D eigenvalue weighted by Crippen LogP contribution is 2.28. The fourth-order valence-electron chi connectivity index (χ4n) is 3.11. The second kappa shape index (κ2) is 7.70. The molecule has 0 bridgehead atoms. The summed E-state index contributed by atoms with van der Waals surface area (Å²) in [6, 6.07) is 5.63. The maximum absolute atomic E-state index is 5.51.